The Labute approximate surface area is 151 Å². The van der Waals surface area contributed by atoms with Crippen LogP contribution in [-0.4, -0.2) is 47.8 Å². The third-order valence-corrected chi connectivity index (χ3v) is 5.67. The summed E-state index contributed by atoms with van der Waals surface area (Å²) in [5, 5.41) is 13.6. The number of nitrogens with one attached hydrogen (secondary N) is 1. The van der Waals surface area contributed by atoms with E-state index in [2.05, 4.69) is 5.32 Å². The quantitative estimate of drug-likeness (QED) is 0.857. The largest absolute Gasteiger partial charge is 0.401 e. The molecule has 1 saturated heterocycles. The molecule has 2 N–H and O–H groups in total. The van der Waals surface area contributed by atoms with E-state index in [9.17, 15) is 23.1 Å². The van der Waals surface area contributed by atoms with Crippen molar-refractivity contribution < 1.29 is 23.1 Å². The molecule has 26 heavy (non-hydrogen) atoms. The van der Waals surface area contributed by atoms with E-state index in [1.165, 1.54) is 0 Å². The first-order chi connectivity index (χ1) is 12.3. The Morgan fingerprint density at radius 1 is 1.23 bits per heavy atom. The van der Waals surface area contributed by atoms with Crippen molar-refractivity contribution in [3.8, 4) is 0 Å². The molecule has 0 spiro atoms. The van der Waals surface area contributed by atoms with Gasteiger partial charge in [-0.1, -0.05) is 43.2 Å². The molecular formula is C19H25F3N2O2. The van der Waals surface area contributed by atoms with Gasteiger partial charge in [-0.15, -0.1) is 0 Å². The molecule has 1 heterocycles. The molecule has 2 fully saturated rings. The first-order valence-corrected chi connectivity index (χ1v) is 9.16. The lowest BCUT2D eigenvalue weighted by molar-refractivity contribution is -0.155. The normalized spacial score (nSPS) is 29.3. The summed E-state index contributed by atoms with van der Waals surface area (Å²) in [6.45, 7) is -1.14. The topological polar surface area (TPSA) is 52.6 Å². The van der Waals surface area contributed by atoms with Crippen LogP contribution in [0, 0.1) is 5.92 Å². The van der Waals surface area contributed by atoms with Gasteiger partial charge in [0, 0.05) is 18.5 Å². The zero-order valence-electron chi connectivity index (χ0n) is 14.6. The van der Waals surface area contributed by atoms with Crippen LogP contribution in [0.5, 0.6) is 0 Å². The number of likely N-dealkylation sites (tertiary alicyclic amines) is 1. The number of carbonyl (C=O) groups is 1. The minimum absolute atomic E-state index is 0.0843. The second kappa shape index (κ2) is 7.56. The SMILES string of the molecule is O=C(CNCC(F)(F)F)N1CCC(O)(c2ccccc2)[C@@H]2CCCC[C@@H]21. The number of amides is 1. The summed E-state index contributed by atoms with van der Waals surface area (Å²) in [6.07, 6.45) is -0.372. The van der Waals surface area contributed by atoms with E-state index in [1.807, 2.05) is 30.3 Å². The number of alkyl halides is 3. The van der Waals surface area contributed by atoms with Gasteiger partial charge in [0.2, 0.25) is 5.91 Å². The fourth-order valence-electron chi connectivity index (χ4n) is 4.49. The Kier molecular flexibility index (Phi) is 5.58. The third-order valence-electron chi connectivity index (χ3n) is 5.67. The van der Waals surface area contributed by atoms with Gasteiger partial charge in [-0.05, 0) is 24.8 Å². The minimum atomic E-state index is -4.33. The predicted octanol–water partition coefficient (Wildman–Crippen LogP) is 2.82. The number of piperidine rings is 1. The van der Waals surface area contributed by atoms with Gasteiger partial charge in [0.1, 0.15) is 0 Å². The molecule has 1 unspecified atom stereocenters. The van der Waals surface area contributed by atoms with Gasteiger partial charge in [-0.25, -0.2) is 0 Å². The molecule has 1 amide bonds. The number of rotatable bonds is 4. The second-order valence-electron chi connectivity index (χ2n) is 7.30. The van der Waals surface area contributed by atoms with E-state index in [-0.39, 0.29) is 24.4 Å². The molecule has 144 valence electrons. The molecule has 1 aromatic rings. The number of carbonyl (C=O) groups excluding carboxylic acids is 1. The molecule has 7 heteroatoms. The van der Waals surface area contributed by atoms with Crippen molar-refractivity contribution in [2.75, 3.05) is 19.6 Å². The zero-order valence-corrected chi connectivity index (χ0v) is 14.6. The maximum Gasteiger partial charge on any atom is 0.401 e. The van der Waals surface area contributed by atoms with Crippen molar-refractivity contribution >= 4 is 5.91 Å². The van der Waals surface area contributed by atoms with Crippen LogP contribution in [0.25, 0.3) is 0 Å². The van der Waals surface area contributed by atoms with E-state index < -0.39 is 18.3 Å². The first kappa shape index (κ1) is 19.2. The van der Waals surface area contributed by atoms with Gasteiger partial charge in [0.15, 0.2) is 0 Å². The molecule has 0 radical (unpaired) electrons. The Morgan fingerprint density at radius 3 is 2.62 bits per heavy atom. The van der Waals surface area contributed by atoms with E-state index >= 15 is 0 Å². The van der Waals surface area contributed by atoms with Gasteiger partial charge >= 0.3 is 6.18 Å². The Bertz CT molecular complexity index is 623. The van der Waals surface area contributed by atoms with Crippen molar-refractivity contribution in [3.63, 3.8) is 0 Å². The van der Waals surface area contributed by atoms with Crippen LogP contribution in [0.2, 0.25) is 0 Å². The number of halogens is 3. The standard InChI is InChI=1S/C19H25F3N2O2/c20-19(21,22)13-23-12-17(25)24-11-10-18(26,14-6-2-1-3-7-14)15-8-4-5-9-16(15)24/h1-3,6-7,15-16,23,26H,4-5,8-13H2/t15-,16+,18?/m1/s1. The highest BCUT2D eigenvalue weighted by atomic mass is 19.4. The number of benzene rings is 1. The monoisotopic (exact) mass is 370 g/mol. The van der Waals surface area contributed by atoms with Gasteiger partial charge in [-0.2, -0.15) is 13.2 Å². The lowest BCUT2D eigenvalue weighted by atomic mass is 9.66. The van der Waals surface area contributed by atoms with Crippen molar-refractivity contribution in [2.45, 2.75) is 49.9 Å². The number of fused-ring (bicyclic) bond motifs is 1. The number of nitrogens with zero attached hydrogens (tertiary/aromatic N) is 1. The molecule has 0 bridgehead atoms. The smallest absolute Gasteiger partial charge is 0.385 e. The summed E-state index contributed by atoms with van der Waals surface area (Å²) in [5.74, 6) is -0.403. The molecule has 4 nitrogen and oxygen atoms in total. The third kappa shape index (κ3) is 4.04. The van der Waals surface area contributed by atoms with Crippen molar-refractivity contribution in [1.82, 2.24) is 10.2 Å². The van der Waals surface area contributed by atoms with Gasteiger partial charge in [0.25, 0.3) is 0 Å². The Morgan fingerprint density at radius 2 is 1.92 bits per heavy atom. The van der Waals surface area contributed by atoms with Crippen molar-refractivity contribution in [3.05, 3.63) is 35.9 Å². The summed E-state index contributed by atoms with van der Waals surface area (Å²) in [4.78, 5) is 14.2. The highest BCUT2D eigenvalue weighted by Gasteiger charge is 2.50. The summed E-state index contributed by atoms with van der Waals surface area (Å²) < 4.78 is 36.9. The van der Waals surface area contributed by atoms with Crippen molar-refractivity contribution in [1.29, 1.82) is 0 Å². The molecule has 1 aliphatic carbocycles. The van der Waals surface area contributed by atoms with Gasteiger partial charge in [0.05, 0.1) is 18.7 Å². The maximum atomic E-state index is 12.5. The molecule has 2 aliphatic rings. The molecule has 1 aliphatic heterocycles. The average Bonchev–Trinajstić information content (AvgIpc) is 2.62. The number of aliphatic hydroxyl groups is 1. The Hall–Kier alpha value is -1.60. The lowest BCUT2D eigenvalue weighted by Gasteiger charge is -2.52. The highest BCUT2D eigenvalue weighted by molar-refractivity contribution is 5.78. The van der Waals surface area contributed by atoms with Crippen LogP contribution in [0.15, 0.2) is 30.3 Å². The number of hydrogen-bond donors (Lipinski definition) is 2. The van der Waals surface area contributed by atoms with Gasteiger partial charge < -0.3 is 15.3 Å². The second-order valence-corrected chi connectivity index (χ2v) is 7.30. The molecule has 1 saturated carbocycles. The lowest BCUT2D eigenvalue weighted by Crippen LogP contribution is -2.60. The zero-order chi connectivity index (χ0) is 18.8. The molecule has 3 atom stereocenters. The number of hydrogen-bond acceptors (Lipinski definition) is 3. The van der Waals surface area contributed by atoms with Gasteiger partial charge in [-0.3, -0.25) is 4.79 Å². The predicted molar refractivity (Wildman–Crippen MR) is 91.3 cm³/mol. The molecule has 0 aromatic heterocycles. The van der Waals surface area contributed by atoms with Crippen LogP contribution in [0.1, 0.15) is 37.7 Å². The van der Waals surface area contributed by atoms with Crippen LogP contribution >= 0.6 is 0 Å². The summed E-state index contributed by atoms with van der Waals surface area (Å²) in [6, 6.07) is 9.38. The van der Waals surface area contributed by atoms with E-state index in [0.29, 0.717) is 13.0 Å². The summed E-state index contributed by atoms with van der Waals surface area (Å²) in [7, 11) is 0. The molecule has 3 rings (SSSR count). The minimum Gasteiger partial charge on any atom is -0.385 e. The fraction of sp³-hybridized carbons (Fsp3) is 0.632. The first-order valence-electron chi connectivity index (χ1n) is 9.16. The summed E-state index contributed by atoms with van der Waals surface area (Å²) in [5.41, 5.74) is -0.123. The van der Waals surface area contributed by atoms with Crippen LogP contribution < -0.4 is 5.32 Å². The highest BCUT2D eigenvalue weighted by Crippen LogP contribution is 2.46. The average molecular weight is 370 g/mol. The maximum absolute atomic E-state index is 12.5. The van der Waals surface area contributed by atoms with Crippen molar-refractivity contribution in [2.24, 2.45) is 5.92 Å². The van der Waals surface area contributed by atoms with E-state index in [0.717, 1.165) is 31.2 Å². The van der Waals surface area contributed by atoms with Crippen LogP contribution in [-0.2, 0) is 10.4 Å². The van der Waals surface area contributed by atoms with E-state index in [1.54, 1.807) is 4.90 Å². The van der Waals surface area contributed by atoms with Crippen LogP contribution in [0.4, 0.5) is 13.2 Å². The fourth-order valence-corrected chi connectivity index (χ4v) is 4.49. The Balaban J connectivity index is 1.73. The summed E-state index contributed by atoms with van der Waals surface area (Å²) >= 11 is 0. The van der Waals surface area contributed by atoms with Crippen LogP contribution in [0.3, 0.4) is 0 Å². The molecular weight excluding hydrogens is 345 g/mol. The van der Waals surface area contributed by atoms with E-state index in [4.69, 9.17) is 0 Å². The molecule has 1 aromatic carbocycles.